The maximum absolute atomic E-state index is 13.2. The molecule has 0 unspecified atom stereocenters. The Kier molecular flexibility index (Phi) is 5.93. The number of hydrogen-bond donors (Lipinski definition) is 1. The summed E-state index contributed by atoms with van der Waals surface area (Å²) in [5.41, 5.74) is 4.01. The third kappa shape index (κ3) is 4.67. The second-order valence-corrected chi connectivity index (χ2v) is 8.29. The number of carbonyl (C=O) groups is 1. The summed E-state index contributed by atoms with van der Waals surface area (Å²) in [6, 6.07) is 17.7. The summed E-state index contributed by atoms with van der Waals surface area (Å²) in [4.78, 5) is 17.9. The van der Waals surface area contributed by atoms with Crippen molar-refractivity contribution >= 4 is 5.91 Å². The van der Waals surface area contributed by atoms with Crippen molar-refractivity contribution in [3.63, 3.8) is 0 Å². The first-order valence-electron chi connectivity index (χ1n) is 11.3. The molecule has 5 rings (SSSR count). The van der Waals surface area contributed by atoms with E-state index in [2.05, 4.69) is 16.1 Å². The molecular weight excluding hydrogens is 414 g/mol. The SMILES string of the molecule is COc1cccc(-c2nn(Cc3ccccc3)cc2C(=O)NCc2cn3c(n2)CCCC3)c1. The zero-order chi connectivity index (χ0) is 22.6. The van der Waals surface area contributed by atoms with E-state index in [1.165, 1.54) is 12.8 Å². The fourth-order valence-electron chi connectivity index (χ4n) is 4.25. The van der Waals surface area contributed by atoms with E-state index in [0.717, 1.165) is 41.4 Å². The van der Waals surface area contributed by atoms with Crippen LogP contribution in [0.2, 0.25) is 0 Å². The first-order valence-corrected chi connectivity index (χ1v) is 11.3. The first kappa shape index (κ1) is 21.0. The van der Waals surface area contributed by atoms with Crippen molar-refractivity contribution < 1.29 is 9.53 Å². The van der Waals surface area contributed by atoms with Gasteiger partial charge in [-0.05, 0) is 30.5 Å². The minimum Gasteiger partial charge on any atom is -0.497 e. The summed E-state index contributed by atoms with van der Waals surface area (Å²) < 4.78 is 9.39. The van der Waals surface area contributed by atoms with Crippen LogP contribution in [0.5, 0.6) is 5.75 Å². The molecule has 0 fully saturated rings. The van der Waals surface area contributed by atoms with Gasteiger partial charge in [-0.1, -0.05) is 42.5 Å². The van der Waals surface area contributed by atoms with Gasteiger partial charge in [0.25, 0.3) is 5.91 Å². The van der Waals surface area contributed by atoms with Gasteiger partial charge in [-0.3, -0.25) is 9.48 Å². The number of nitrogens with one attached hydrogen (secondary N) is 1. The van der Waals surface area contributed by atoms with Crippen molar-refractivity contribution in [1.82, 2.24) is 24.6 Å². The number of aromatic nitrogens is 4. The zero-order valence-electron chi connectivity index (χ0n) is 18.7. The summed E-state index contributed by atoms with van der Waals surface area (Å²) in [6.07, 6.45) is 7.22. The molecule has 3 heterocycles. The van der Waals surface area contributed by atoms with Crippen LogP contribution >= 0.6 is 0 Å². The monoisotopic (exact) mass is 441 g/mol. The lowest BCUT2D eigenvalue weighted by Crippen LogP contribution is -2.23. The molecule has 0 saturated carbocycles. The highest BCUT2D eigenvalue weighted by Gasteiger charge is 2.19. The van der Waals surface area contributed by atoms with Crippen LogP contribution < -0.4 is 10.1 Å². The Morgan fingerprint density at radius 1 is 1.09 bits per heavy atom. The minimum absolute atomic E-state index is 0.168. The number of imidazole rings is 1. The van der Waals surface area contributed by atoms with E-state index in [0.29, 0.717) is 24.3 Å². The van der Waals surface area contributed by atoms with Crippen molar-refractivity contribution in [3.05, 3.63) is 89.6 Å². The number of ether oxygens (including phenoxy) is 1. The topological polar surface area (TPSA) is 74.0 Å². The molecule has 2 aromatic heterocycles. The molecule has 4 aromatic rings. The van der Waals surface area contributed by atoms with Crippen molar-refractivity contribution in [2.75, 3.05) is 7.11 Å². The fraction of sp³-hybridized carbons (Fsp3) is 0.269. The molecule has 1 N–H and O–H groups in total. The number of amides is 1. The smallest absolute Gasteiger partial charge is 0.255 e. The van der Waals surface area contributed by atoms with Gasteiger partial charge in [0.1, 0.15) is 17.3 Å². The molecule has 0 bridgehead atoms. The van der Waals surface area contributed by atoms with Gasteiger partial charge in [-0.25, -0.2) is 4.98 Å². The average molecular weight is 442 g/mol. The lowest BCUT2D eigenvalue weighted by Gasteiger charge is -2.11. The number of rotatable bonds is 7. The Bertz CT molecular complexity index is 1240. The molecule has 2 aromatic carbocycles. The van der Waals surface area contributed by atoms with E-state index >= 15 is 0 Å². The van der Waals surface area contributed by atoms with Gasteiger partial charge in [0.15, 0.2) is 0 Å². The van der Waals surface area contributed by atoms with Crippen molar-refractivity contribution in [1.29, 1.82) is 0 Å². The third-order valence-corrected chi connectivity index (χ3v) is 5.93. The number of fused-ring (bicyclic) bond motifs is 1. The largest absolute Gasteiger partial charge is 0.497 e. The molecule has 1 aliphatic rings. The van der Waals surface area contributed by atoms with Crippen LogP contribution in [0, 0.1) is 0 Å². The molecule has 1 amide bonds. The molecule has 7 nitrogen and oxygen atoms in total. The van der Waals surface area contributed by atoms with Crippen LogP contribution in [0.3, 0.4) is 0 Å². The van der Waals surface area contributed by atoms with Crippen LogP contribution in [-0.4, -0.2) is 32.3 Å². The Morgan fingerprint density at radius 2 is 1.97 bits per heavy atom. The van der Waals surface area contributed by atoms with E-state index in [1.54, 1.807) is 7.11 Å². The molecule has 0 aliphatic carbocycles. The number of nitrogens with zero attached hydrogens (tertiary/aromatic N) is 4. The summed E-state index contributed by atoms with van der Waals surface area (Å²) in [6.45, 7) is 1.97. The first-order chi connectivity index (χ1) is 16.2. The lowest BCUT2D eigenvalue weighted by atomic mass is 10.1. The molecule has 168 valence electrons. The maximum atomic E-state index is 13.2. The molecule has 1 aliphatic heterocycles. The summed E-state index contributed by atoms with van der Waals surface area (Å²) >= 11 is 0. The zero-order valence-corrected chi connectivity index (χ0v) is 18.7. The highest BCUT2D eigenvalue weighted by atomic mass is 16.5. The highest BCUT2D eigenvalue weighted by molar-refractivity contribution is 5.99. The van der Waals surface area contributed by atoms with Gasteiger partial charge < -0.3 is 14.6 Å². The van der Waals surface area contributed by atoms with Gasteiger partial charge >= 0.3 is 0 Å². The number of aryl methyl sites for hydroxylation is 2. The molecular formula is C26H27N5O2. The Balaban J connectivity index is 1.41. The normalized spacial score (nSPS) is 12.9. The third-order valence-electron chi connectivity index (χ3n) is 5.93. The highest BCUT2D eigenvalue weighted by Crippen LogP contribution is 2.26. The van der Waals surface area contributed by atoms with Crippen LogP contribution in [0.25, 0.3) is 11.3 Å². The predicted octanol–water partition coefficient (Wildman–Crippen LogP) is 4.07. The van der Waals surface area contributed by atoms with Crippen molar-refractivity contribution in [2.45, 2.75) is 38.9 Å². The van der Waals surface area contributed by atoms with Crippen LogP contribution in [0.15, 0.2) is 67.0 Å². The minimum atomic E-state index is -0.168. The summed E-state index contributed by atoms with van der Waals surface area (Å²) in [5.74, 6) is 1.66. The van der Waals surface area contributed by atoms with Gasteiger partial charge in [-0.15, -0.1) is 0 Å². The number of methoxy groups -OCH3 is 1. The Hall–Kier alpha value is -3.87. The molecule has 0 spiro atoms. The van der Waals surface area contributed by atoms with E-state index in [-0.39, 0.29) is 5.91 Å². The van der Waals surface area contributed by atoms with E-state index in [4.69, 9.17) is 14.8 Å². The van der Waals surface area contributed by atoms with Crippen molar-refractivity contribution in [3.8, 4) is 17.0 Å². The van der Waals surface area contributed by atoms with E-state index in [9.17, 15) is 4.79 Å². The van der Waals surface area contributed by atoms with Crippen LogP contribution in [0.4, 0.5) is 0 Å². The van der Waals surface area contributed by atoms with E-state index < -0.39 is 0 Å². The van der Waals surface area contributed by atoms with Crippen LogP contribution in [0.1, 0.15) is 40.3 Å². The second kappa shape index (κ2) is 9.32. The molecule has 7 heteroatoms. The summed E-state index contributed by atoms with van der Waals surface area (Å²) in [5, 5.41) is 7.80. The number of hydrogen-bond acceptors (Lipinski definition) is 4. The molecule has 0 saturated heterocycles. The predicted molar refractivity (Wildman–Crippen MR) is 126 cm³/mol. The maximum Gasteiger partial charge on any atom is 0.255 e. The number of carbonyl (C=O) groups excluding carboxylic acids is 1. The molecule has 0 atom stereocenters. The van der Waals surface area contributed by atoms with Crippen LogP contribution in [-0.2, 0) is 26.1 Å². The standard InChI is InChI=1S/C26H27N5O2/c1-33-22-11-7-10-20(14-22)25-23(18-31(29-25)16-19-8-3-2-4-9-19)26(32)27-15-21-17-30-13-6-5-12-24(30)28-21/h2-4,7-11,14,17-18H,5-6,12-13,15-16H2,1H3,(H,27,32). The summed E-state index contributed by atoms with van der Waals surface area (Å²) in [7, 11) is 1.63. The van der Waals surface area contributed by atoms with E-state index in [1.807, 2.05) is 65.5 Å². The lowest BCUT2D eigenvalue weighted by molar-refractivity contribution is 0.0951. The Morgan fingerprint density at radius 3 is 2.79 bits per heavy atom. The molecule has 0 radical (unpaired) electrons. The second-order valence-electron chi connectivity index (χ2n) is 8.29. The molecule has 33 heavy (non-hydrogen) atoms. The van der Waals surface area contributed by atoms with Gasteiger partial charge in [0.2, 0.25) is 0 Å². The van der Waals surface area contributed by atoms with Gasteiger partial charge in [-0.2, -0.15) is 5.10 Å². The average Bonchev–Trinajstić information content (AvgIpc) is 3.47. The number of benzene rings is 2. The quantitative estimate of drug-likeness (QED) is 0.469. The van der Waals surface area contributed by atoms with Gasteiger partial charge in [0, 0.05) is 30.9 Å². The fourth-order valence-corrected chi connectivity index (χ4v) is 4.25. The van der Waals surface area contributed by atoms with Gasteiger partial charge in [0.05, 0.1) is 31.5 Å². The van der Waals surface area contributed by atoms with Crippen molar-refractivity contribution in [2.24, 2.45) is 0 Å². The Labute approximate surface area is 193 Å².